The summed E-state index contributed by atoms with van der Waals surface area (Å²) in [4.78, 5) is 23.7. The van der Waals surface area contributed by atoms with Gasteiger partial charge in [0.05, 0.1) is 5.56 Å². The second-order valence-corrected chi connectivity index (χ2v) is 5.74. The molecule has 2 aromatic rings. The van der Waals surface area contributed by atoms with Gasteiger partial charge in [0.2, 0.25) is 5.78 Å². The Balaban J connectivity index is 1.93. The number of hydrogen-bond acceptors (Lipinski definition) is 4. The summed E-state index contributed by atoms with van der Waals surface area (Å²) < 4.78 is 10.8. The van der Waals surface area contributed by atoms with Crippen LogP contribution in [0.25, 0.3) is 6.08 Å². The molecule has 24 heavy (non-hydrogen) atoms. The summed E-state index contributed by atoms with van der Waals surface area (Å²) in [5.74, 6) is 0.506. The van der Waals surface area contributed by atoms with E-state index in [1.54, 1.807) is 25.1 Å². The first-order chi connectivity index (χ1) is 11.5. The van der Waals surface area contributed by atoms with E-state index >= 15 is 0 Å². The molecule has 0 bridgehead atoms. The van der Waals surface area contributed by atoms with Gasteiger partial charge < -0.3 is 9.47 Å². The van der Waals surface area contributed by atoms with Crippen LogP contribution in [0.1, 0.15) is 40.9 Å². The Morgan fingerprint density at radius 2 is 1.92 bits per heavy atom. The van der Waals surface area contributed by atoms with Crippen molar-refractivity contribution < 1.29 is 19.1 Å². The molecule has 0 unspecified atom stereocenters. The van der Waals surface area contributed by atoms with E-state index in [1.165, 1.54) is 12.5 Å². The number of carbonyl (C=O) groups is 2. The molecular formula is C20H18O4. The van der Waals surface area contributed by atoms with Gasteiger partial charge in [-0.15, -0.1) is 0 Å². The highest BCUT2D eigenvalue weighted by atomic mass is 16.5. The van der Waals surface area contributed by atoms with Crippen LogP contribution in [0, 0.1) is 6.92 Å². The highest BCUT2D eigenvalue weighted by Crippen LogP contribution is 2.37. The van der Waals surface area contributed by atoms with Gasteiger partial charge in [0, 0.05) is 13.0 Å². The molecule has 0 aliphatic carbocycles. The molecule has 2 aromatic carbocycles. The molecule has 0 amide bonds. The summed E-state index contributed by atoms with van der Waals surface area (Å²) >= 11 is 0. The third-order valence-electron chi connectivity index (χ3n) is 3.89. The first-order valence-corrected chi connectivity index (χ1v) is 7.84. The van der Waals surface area contributed by atoms with Crippen molar-refractivity contribution in [3.05, 3.63) is 64.4 Å². The summed E-state index contributed by atoms with van der Waals surface area (Å²) in [5.41, 5.74) is 3.38. The number of fused-ring (bicyclic) bond motifs is 1. The van der Waals surface area contributed by atoms with Crippen molar-refractivity contribution in [3.8, 4) is 11.5 Å². The summed E-state index contributed by atoms with van der Waals surface area (Å²) in [6.45, 7) is 5.23. The molecular weight excluding hydrogens is 304 g/mol. The van der Waals surface area contributed by atoms with Crippen LogP contribution in [0.5, 0.6) is 11.5 Å². The number of Topliss-reactive ketones (excluding diaryl/α,β-unsaturated/α-hetero) is 1. The zero-order chi connectivity index (χ0) is 17.3. The molecule has 4 nitrogen and oxygen atoms in total. The Hall–Kier alpha value is -2.88. The summed E-state index contributed by atoms with van der Waals surface area (Å²) in [5, 5.41) is 0. The highest BCUT2D eigenvalue weighted by Gasteiger charge is 2.30. The van der Waals surface area contributed by atoms with Gasteiger partial charge in [0.1, 0.15) is 11.5 Å². The van der Waals surface area contributed by atoms with Crippen LogP contribution in [-0.4, -0.2) is 11.8 Å². The molecule has 0 spiro atoms. The summed E-state index contributed by atoms with van der Waals surface area (Å²) in [7, 11) is 0. The van der Waals surface area contributed by atoms with Gasteiger partial charge in [-0.3, -0.25) is 9.59 Å². The van der Waals surface area contributed by atoms with E-state index in [9.17, 15) is 9.59 Å². The number of aryl methyl sites for hydroxylation is 2. The minimum Gasteiger partial charge on any atom is -0.452 e. The lowest BCUT2D eigenvalue weighted by atomic mass is 10.0. The van der Waals surface area contributed by atoms with Gasteiger partial charge in [-0.1, -0.05) is 31.2 Å². The molecule has 0 atom stereocenters. The number of esters is 1. The maximum absolute atomic E-state index is 12.6. The Morgan fingerprint density at radius 1 is 1.21 bits per heavy atom. The largest absolute Gasteiger partial charge is 0.452 e. The van der Waals surface area contributed by atoms with E-state index < -0.39 is 5.97 Å². The third-order valence-corrected chi connectivity index (χ3v) is 3.89. The zero-order valence-electron chi connectivity index (χ0n) is 13.9. The minimum absolute atomic E-state index is 0.156. The van der Waals surface area contributed by atoms with Gasteiger partial charge in [-0.05, 0) is 42.2 Å². The molecule has 0 radical (unpaired) electrons. The van der Waals surface area contributed by atoms with Crippen molar-refractivity contribution in [1.29, 1.82) is 0 Å². The Bertz CT molecular complexity index is 845. The maximum atomic E-state index is 12.6. The van der Waals surface area contributed by atoms with Crippen LogP contribution < -0.4 is 9.47 Å². The normalized spacial score (nSPS) is 14.5. The molecule has 3 rings (SSSR count). The van der Waals surface area contributed by atoms with Gasteiger partial charge in [0.25, 0.3) is 0 Å². The van der Waals surface area contributed by atoms with Crippen molar-refractivity contribution in [2.75, 3.05) is 0 Å². The standard InChI is InChI=1S/C20H18O4/c1-4-14-5-7-15(8-6-14)10-18-20(22)19-12(2)9-16(23-13(3)21)11-17(19)24-18/h5-11H,4H2,1-3H3/b18-10-. The van der Waals surface area contributed by atoms with Crippen molar-refractivity contribution in [1.82, 2.24) is 0 Å². The second-order valence-electron chi connectivity index (χ2n) is 5.74. The molecule has 0 saturated carbocycles. The molecule has 0 N–H and O–H groups in total. The Morgan fingerprint density at radius 3 is 2.54 bits per heavy atom. The van der Waals surface area contributed by atoms with Crippen molar-refractivity contribution in [2.24, 2.45) is 0 Å². The number of hydrogen-bond donors (Lipinski definition) is 0. The van der Waals surface area contributed by atoms with Crippen LogP contribution in [0.3, 0.4) is 0 Å². The molecule has 1 aliphatic heterocycles. The number of benzene rings is 2. The van der Waals surface area contributed by atoms with Gasteiger partial charge in [0.15, 0.2) is 5.76 Å². The number of allylic oxidation sites excluding steroid dienone is 1. The molecule has 0 saturated heterocycles. The number of rotatable bonds is 3. The maximum Gasteiger partial charge on any atom is 0.308 e. The van der Waals surface area contributed by atoms with Gasteiger partial charge >= 0.3 is 5.97 Å². The Kier molecular flexibility index (Phi) is 4.21. The molecule has 1 aliphatic rings. The molecule has 122 valence electrons. The number of carbonyl (C=O) groups excluding carboxylic acids is 2. The lowest BCUT2D eigenvalue weighted by Crippen LogP contribution is -2.02. The highest BCUT2D eigenvalue weighted by molar-refractivity contribution is 6.15. The quantitative estimate of drug-likeness (QED) is 0.485. The molecule has 1 heterocycles. The first kappa shape index (κ1) is 16.0. The fourth-order valence-electron chi connectivity index (χ4n) is 2.70. The average Bonchev–Trinajstić information content (AvgIpc) is 2.84. The third kappa shape index (κ3) is 3.08. The SMILES string of the molecule is CCc1ccc(/C=C2\Oc3cc(OC(C)=O)cc(C)c3C2=O)cc1. The van der Waals surface area contributed by atoms with Crippen LogP contribution in [0.2, 0.25) is 0 Å². The van der Waals surface area contributed by atoms with Crippen LogP contribution in [-0.2, 0) is 11.2 Å². The predicted molar refractivity (Wildman–Crippen MR) is 91.2 cm³/mol. The summed E-state index contributed by atoms with van der Waals surface area (Å²) in [6.07, 6.45) is 2.70. The fourth-order valence-corrected chi connectivity index (χ4v) is 2.70. The van der Waals surface area contributed by atoms with Gasteiger partial charge in [-0.2, -0.15) is 0 Å². The first-order valence-electron chi connectivity index (χ1n) is 7.84. The van der Waals surface area contributed by atoms with Crippen molar-refractivity contribution >= 4 is 17.8 Å². The van der Waals surface area contributed by atoms with Crippen LogP contribution in [0.4, 0.5) is 0 Å². The monoisotopic (exact) mass is 322 g/mol. The average molecular weight is 322 g/mol. The molecule has 0 fully saturated rings. The van der Waals surface area contributed by atoms with Crippen molar-refractivity contribution in [3.63, 3.8) is 0 Å². The van der Waals surface area contributed by atoms with E-state index in [2.05, 4.69) is 6.92 Å². The number of ketones is 1. The summed E-state index contributed by atoms with van der Waals surface area (Å²) in [6, 6.07) is 11.2. The predicted octanol–water partition coefficient (Wildman–Crippen LogP) is 4.10. The topological polar surface area (TPSA) is 52.6 Å². The lowest BCUT2D eigenvalue weighted by Gasteiger charge is -2.05. The molecule has 4 heteroatoms. The van der Waals surface area contributed by atoms with E-state index in [0.717, 1.165) is 17.5 Å². The minimum atomic E-state index is -0.412. The zero-order valence-corrected chi connectivity index (χ0v) is 13.9. The van der Waals surface area contributed by atoms with Gasteiger partial charge in [-0.25, -0.2) is 0 Å². The lowest BCUT2D eigenvalue weighted by molar-refractivity contribution is -0.131. The Labute approximate surface area is 140 Å². The van der Waals surface area contributed by atoms with Crippen molar-refractivity contribution in [2.45, 2.75) is 27.2 Å². The van der Waals surface area contributed by atoms with Crippen LogP contribution >= 0.6 is 0 Å². The van der Waals surface area contributed by atoms with E-state index in [4.69, 9.17) is 9.47 Å². The smallest absolute Gasteiger partial charge is 0.308 e. The second kappa shape index (κ2) is 6.32. The fraction of sp³-hybridized carbons (Fsp3) is 0.200. The molecule has 0 aromatic heterocycles. The van der Waals surface area contributed by atoms with E-state index in [0.29, 0.717) is 17.1 Å². The van der Waals surface area contributed by atoms with E-state index in [1.807, 2.05) is 24.3 Å². The van der Waals surface area contributed by atoms with E-state index in [-0.39, 0.29) is 11.5 Å². The number of ether oxygens (including phenoxy) is 2. The van der Waals surface area contributed by atoms with Crippen LogP contribution in [0.15, 0.2) is 42.2 Å².